The second-order valence-electron chi connectivity index (χ2n) is 4.45. The number of halogens is 1. The van der Waals surface area contributed by atoms with Crippen molar-refractivity contribution in [1.29, 1.82) is 0 Å². The van der Waals surface area contributed by atoms with Gasteiger partial charge in [0.15, 0.2) is 11.5 Å². The molecular formula is C16H17FO4. The molecule has 0 amide bonds. The second kappa shape index (κ2) is 6.45. The first kappa shape index (κ1) is 15.1. The molecule has 0 fully saturated rings. The van der Waals surface area contributed by atoms with E-state index in [0.717, 1.165) is 0 Å². The topological polar surface area (TPSA) is 47.9 Å². The summed E-state index contributed by atoms with van der Waals surface area (Å²) < 4.78 is 29.6. The highest BCUT2D eigenvalue weighted by atomic mass is 19.1. The number of aliphatic hydroxyl groups excluding tert-OH is 1. The van der Waals surface area contributed by atoms with E-state index in [1.165, 1.54) is 32.4 Å². The number of hydrogen-bond acceptors (Lipinski definition) is 4. The lowest BCUT2D eigenvalue weighted by atomic mass is 10.1. The molecule has 1 atom stereocenters. The third kappa shape index (κ3) is 3.25. The van der Waals surface area contributed by atoms with Crippen molar-refractivity contribution >= 4 is 0 Å². The Kier molecular flexibility index (Phi) is 4.65. The normalized spacial score (nSPS) is 11.9. The standard InChI is InChI=1S/C16H17FO4/c1-10(18)12-9-11(17)7-8-13(12)21-16-14(19-2)5-4-6-15(16)20-3/h4-10,18H,1-3H3/t10-/m1/s1. The van der Waals surface area contributed by atoms with Crippen LogP contribution in [0.2, 0.25) is 0 Å². The molecular weight excluding hydrogens is 275 g/mol. The molecule has 2 aromatic rings. The van der Waals surface area contributed by atoms with Crippen LogP contribution < -0.4 is 14.2 Å². The van der Waals surface area contributed by atoms with Crippen LogP contribution in [0.1, 0.15) is 18.6 Å². The van der Waals surface area contributed by atoms with E-state index >= 15 is 0 Å². The third-order valence-corrected chi connectivity index (χ3v) is 3.02. The van der Waals surface area contributed by atoms with Crippen LogP contribution in [0.25, 0.3) is 0 Å². The van der Waals surface area contributed by atoms with Crippen LogP contribution in [-0.4, -0.2) is 19.3 Å². The fourth-order valence-corrected chi connectivity index (χ4v) is 1.97. The molecule has 0 heterocycles. The smallest absolute Gasteiger partial charge is 0.211 e. The highest BCUT2D eigenvalue weighted by Crippen LogP contribution is 2.41. The minimum atomic E-state index is -0.864. The summed E-state index contributed by atoms with van der Waals surface area (Å²) in [4.78, 5) is 0. The van der Waals surface area contributed by atoms with Gasteiger partial charge in [0.05, 0.1) is 20.3 Å². The minimum Gasteiger partial charge on any atom is -0.493 e. The highest BCUT2D eigenvalue weighted by molar-refractivity contribution is 5.54. The minimum absolute atomic E-state index is 0.342. The van der Waals surface area contributed by atoms with Crippen LogP contribution in [-0.2, 0) is 0 Å². The maximum absolute atomic E-state index is 13.3. The van der Waals surface area contributed by atoms with Crippen molar-refractivity contribution in [2.75, 3.05) is 14.2 Å². The number of aliphatic hydroxyl groups is 1. The van der Waals surface area contributed by atoms with Crippen LogP contribution in [0.5, 0.6) is 23.0 Å². The van der Waals surface area contributed by atoms with Crippen molar-refractivity contribution in [3.63, 3.8) is 0 Å². The predicted octanol–water partition coefficient (Wildman–Crippen LogP) is 3.69. The number of para-hydroxylation sites is 1. The third-order valence-electron chi connectivity index (χ3n) is 3.02. The van der Waals surface area contributed by atoms with Crippen LogP contribution >= 0.6 is 0 Å². The summed E-state index contributed by atoms with van der Waals surface area (Å²) in [6.45, 7) is 1.54. The molecule has 21 heavy (non-hydrogen) atoms. The Bertz CT molecular complexity index is 603. The summed E-state index contributed by atoms with van der Waals surface area (Å²) >= 11 is 0. The Labute approximate surface area is 122 Å². The number of methoxy groups -OCH3 is 2. The van der Waals surface area contributed by atoms with Gasteiger partial charge in [-0.2, -0.15) is 0 Å². The average Bonchev–Trinajstić information content (AvgIpc) is 2.48. The molecule has 112 valence electrons. The summed E-state index contributed by atoms with van der Waals surface area (Å²) in [6.07, 6.45) is -0.864. The van der Waals surface area contributed by atoms with Gasteiger partial charge in [-0.1, -0.05) is 6.07 Å². The van der Waals surface area contributed by atoms with Crippen LogP contribution in [0.4, 0.5) is 4.39 Å². The van der Waals surface area contributed by atoms with Crippen molar-refractivity contribution in [1.82, 2.24) is 0 Å². The highest BCUT2D eigenvalue weighted by Gasteiger charge is 2.16. The Morgan fingerprint density at radius 3 is 2.14 bits per heavy atom. The molecule has 0 aromatic heterocycles. The zero-order valence-corrected chi connectivity index (χ0v) is 12.1. The van der Waals surface area contributed by atoms with Gasteiger partial charge in [-0.3, -0.25) is 0 Å². The van der Waals surface area contributed by atoms with E-state index in [9.17, 15) is 9.50 Å². The molecule has 0 unspecified atom stereocenters. The van der Waals surface area contributed by atoms with Crippen molar-refractivity contribution in [2.24, 2.45) is 0 Å². The first-order valence-electron chi connectivity index (χ1n) is 6.43. The van der Waals surface area contributed by atoms with Crippen LogP contribution in [0.3, 0.4) is 0 Å². The van der Waals surface area contributed by atoms with Crippen molar-refractivity contribution in [3.8, 4) is 23.0 Å². The fraction of sp³-hybridized carbons (Fsp3) is 0.250. The van der Waals surface area contributed by atoms with Crippen LogP contribution in [0.15, 0.2) is 36.4 Å². The Balaban J connectivity index is 2.47. The molecule has 2 aromatic carbocycles. The van der Waals surface area contributed by atoms with E-state index < -0.39 is 11.9 Å². The molecule has 1 N–H and O–H groups in total. The predicted molar refractivity (Wildman–Crippen MR) is 76.7 cm³/mol. The first-order chi connectivity index (χ1) is 10.1. The average molecular weight is 292 g/mol. The molecule has 0 aliphatic rings. The number of hydrogen-bond donors (Lipinski definition) is 1. The molecule has 2 rings (SSSR count). The van der Waals surface area contributed by atoms with Gasteiger partial charge < -0.3 is 19.3 Å². The van der Waals surface area contributed by atoms with E-state index in [4.69, 9.17) is 14.2 Å². The molecule has 0 bridgehead atoms. The number of ether oxygens (including phenoxy) is 3. The number of benzene rings is 2. The van der Waals surface area contributed by atoms with Crippen LogP contribution in [0, 0.1) is 5.82 Å². The molecule has 0 saturated heterocycles. The summed E-state index contributed by atoms with van der Waals surface area (Å²) in [7, 11) is 3.03. The Morgan fingerprint density at radius 2 is 1.62 bits per heavy atom. The molecule has 5 heteroatoms. The van der Waals surface area contributed by atoms with E-state index in [1.54, 1.807) is 25.1 Å². The molecule has 0 spiro atoms. The molecule has 0 aliphatic carbocycles. The van der Waals surface area contributed by atoms with Gasteiger partial charge in [-0.25, -0.2) is 4.39 Å². The first-order valence-corrected chi connectivity index (χ1v) is 6.43. The monoisotopic (exact) mass is 292 g/mol. The van der Waals surface area contributed by atoms with E-state index in [1.807, 2.05) is 0 Å². The summed E-state index contributed by atoms with van der Waals surface area (Å²) in [5.41, 5.74) is 0.350. The van der Waals surface area contributed by atoms with E-state index in [0.29, 0.717) is 28.6 Å². The largest absolute Gasteiger partial charge is 0.493 e. The van der Waals surface area contributed by atoms with Gasteiger partial charge in [-0.05, 0) is 37.3 Å². The second-order valence-corrected chi connectivity index (χ2v) is 4.45. The SMILES string of the molecule is COc1cccc(OC)c1Oc1ccc(F)cc1[C@@H](C)O. The maximum Gasteiger partial charge on any atom is 0.211 e. The van der Waals surface area contributed by atoms with Crippen molar-refractivity contribution in [3.05, 3.63) is 47.8 Å². The van der Waals surface area contributed by atoms with Gasteiger partial charge in [0.25, 0.3) is 0 Å². The zero-order valence-electron chi connectivity index (χ0n) is 12.1. The lowest BCUT2D eigenvalue weighted by Crippen LogP contribution is -1.99. The van der Waals surface area contributed by atoms with Gasteiger partial charge in [-0.15, -0.1) is 0 Å². The van der Waals surface area contributed by atoms with Gasteiger partial charge in [0.2, 0.25) is 5.75 Å². The number of rotatable bonds is 5. The molecule has 0 aliphatic heterocycles. The van der Waals surface area contributed by atoms with E-state index in [-0.39, 0.29) is 0 Å². The van der Waals surface area contributed by atoms with E-state index in [2.05, 4.69) is 0 Å². The Morgan fingerprint density at radius 1 is 1.00 bits per heavy atom. The lowest BCUT2D eigenvalue weighted by Gasteiger charge is -2.17. The van der Waals surface area contributed by atoms with Crippen molar-refractivity contribution in [2.45, 2.75) is 13.0 Å². The van der Waals surface area contributed by atoms with Gasteiger partial charge >= 0.3 is 0 Å². The van der Waals surface area contributed by atoms with Gasteiger partial charge in [0, 0.05) is 5.56 Å². The quantitative estimate of drug-likeness (QED) is 0.913. The lowest BCUT2D eigenvalue weighted by molar-refractivity contribution is 0.194. The summed E-state index contributed by atoms with van der Waals surface area (Å²) in [6, 6.07) is 9.19. The Hall–Kier alpha value is -2.27. The fourth-order valence-electron chi connectivity index (χ4n) is 1.97. The molecule has 0 saturated carbocycles. The van der Waals surface area contributed by atoms with Gasteiger partial charge in [0.1, 0.15) is 11.6 Å². The molecule has 0 radical (unpaired) electrons. The summed E-state index contributed by atoms with van der Waals surface area (Å²) in [5, 5.41) is 9.75. The maximum atomic E-state index is 13.3. The molecule has 4 nitrogen and oxygen atoms in total. The summed E-state index contributed by atoms with van der Waals surface area (Å²) in [5.74, 6) is 1.24. The van der Waals surface area contributed by atoms with Crippen molar-refractivity contribution < 1.29 is 23.7 Å². The zero-order chi connectivity index (χ0) is 15.4.